The summed E-state index contributed by atoms with van der Waals surface area (Å²) in [6, 6.07) is 0. The summed E-state index contributed by atoms with van der Waals surface area (Å²) in [6.45, 7) is 3.40. The topological polar surface area (TPSA) is 29.5 Å². The van der Waals surface area contributed by atoms with Gasteiger partial charge in [-0.3, -0.25) is 0 Å². The maximum absolute atomic E-state index is 9.18. The number of unbranched alkanes of at least 4 members (excludes halogenated alkanes) is 10. The first-order valence-corrected chi connectivity index (χ1v) is 8.66. The molecule has 0 aromatic heterocycles. The fraction of sp³-hybridized carbons (Fsp3) is 1.00. The Kier molecular flexibility index (Phi) is 16.4. The van der Waals surface area contributed by atoms with Crippen molar-refractivity contribution in [1.82, 2.24) is 0 Å². The number of halogens is 1. The summed E-state index contributed by atoms with van der Waals surface area (Å²) >= 11 is 5.47. The van der Waals surface area contributed by atoms with Gasteiger partial charge in [-0.2, -0.15) is 0 Å². The van der Waals surface area contributed by atoms with Crippen LogP contribution in [0.5, 0.6) is 0 Å². The summed E-state index contributed by atoms with van der Waals surface area (Å²) < 4.78 is 5.33. The van der Waals surface area contributed by atoms with Crippen LogP contribution in [0.1, 0.15) is 77.6 Å². The molecule has 19 heavy (non-hydrogen) atoms. The van der Waals surface area contributed by atoms with Crippen molar-refractivity contribution in [2.75, 3.05) is 19.1 Å². The molecule has 0 rings (SSSR count). The zero-order valence-corrected chi connectivity index (χ0v) is 13.5. The molecule has 0 aliphatic heterocycles. The van der Waals surface area contributed by atoms with Crippen molar-refractivity contribution in [3.63, 3.8) is 0 Å². The third-order valence-corrected chi connectivity index (χ3v) is 3.74. The van der Waals surface area contributed by atoms with Crippen molar-refractivity contribution >= 4 is 11.6 Å². The number of hydrogen-bond acceptors (Lipinski definition) is 2. The van der Waals surface area contributed by atoms with E-state index in [4.69, 9.17) is 16.3 Å². The molecular weight excluding hydrogens is 260 g/mol. The fourth-order valence-corrected chi connectivity index (χ4v) is 2.22. The van der Waals surface area contributed by atoms with Gasteiger partial charge in [-0.15, -0.1) is 11.6 Å². The van der Waals surface area contributed by atoms with Gasteiger partial charge in [0, 0.05) is 6.61 Å². The van der Waals surface area contributed by atoms with Gasteiger partial charge in [0.15, 0.2) is 0 Å². The van der Waals surface area contributed by atoms with Crippen LogP contribution in [0.3, 0.4) is 0 Å². The maximum atomic E-state index is 9.18. The normalized spacial score (nSPS) is 12.8. The molecule has 1 unspecified atom stereocenters. The highest BCUT2D eigenvalue weighted by Gasteiger charge is 2.00. The third kappa shape index (κ3) is 16.2. The number of ether oxygens (including phenoxy) is 1. The Morgan fingerprint density at radius 1 is 0.842 bits per heavy atom. The van der Waals surface area contributed by atoms with Gasteiger partial charge < -0.3 is 9.84 Å². The molecule has 0 aromatic carbocycles. The minimum absolute atomic E-state index is 0.262. The quantitative estimate of drug-likeness (QED) is 0.343. The van der Waals surface area contributed by atoms with Gasteiger partial charge in [0.05, 0.1) is 18.6 Å². The molecular formula is C16H33ClO2. The highest BCUT2D eigenvalue weighted by molar-refractivity contribution is 6.18. The predicted octanol–water partition coefficient (Wildman–Crippen LogP) is 4.91. The average molecular weight is 293 g/mol. The van der Waals surface area contributed by atoms with E-state index in [1.54, 1.807) is 0 Å². The van der Waals surface area contributed by atoms with E-state index in [0.717, 1.165) is 13.0 Å². The van der Waals surface area contributed by atoms with Gasteiger partial charge in [0.25, 0.3) is 0 Å². The molecule has 2 nitrogen and oxygen atoms in total. The van der Waals surface area contributed by atoms with Gasteiger partial charge in [-0.05, 0) is 6.42 Å². The summed E-state index contributed by atoms with van der Waals surface area (Å²) in [5, 5.41) is 9.18. The van der Waals surface area contributed by atoms with Crippen LogP contribution in [0.4, 0.5) is 0 Å². The second kappa shape index (κ2) is 16.3. The van der Waals surface area contributed by atoms with Crippen LogP contribution in [0.2, 0.25) is 0 Å². The van der Waals surface area contributed by atoms with Crippen molar-refractivity contribution in [2.24, 2.45) is 0 Å². The van der Waals surface area contributed by atoms with E-state index in [0.29, 0.717) is 6.61 Å². The highest BCUT2D eigenvalue weighted by Crippen LogP contribution is 2.11. The van der Waals surface area contributed by atoms with Crippen molar-refractivity contribution in [2.45, 2.75) is 83.7 Å². The molecule has 116 valence electrons. The maximum Gasteiger partial charge on any atom is 0.0908 e. The first-order chi connectivity index (χ1) is 9.31. The van der Waals surface area contributed by atoms with Crippen molar-refractivity contribution in [3.8, 4) is 0 Å². The van der Waals surface area contributed by atoms with E-state index in [1.807, 2.05) is 0 Å². The zero-order chi connectivity index (χ0) is 14.2. The number of aliphatic hydroxyl groups excluding tert-OH is 1. The molecule has 1 atom stereocenters. The first kappa shape index (κ1) is 19.2. The Balaban J connectivity index is 2.95. The molecule has 0 saturated heterocycles. The molecule has 0 aliphatic carbocycles. The van der Waals surface area contributed by atoms with E-state index >= 15 is 0 Å². The Morgan fingerprint density at radius 2 is 1.32 bits per heavy atom. The van der Waals surface area contributed by atoms with E-state index in [-0.39, 0.29) is 5.88 Å². The summed E-state index contributed by atoms with van der Waals surface area (Å²) in [5.74, 6) is 0.262. The SMILES string of the molecule is CCCCCCCCCCCCCOCC(O)CCl. The highest BCUT2D eigenvalue weighted by atomic mass is 35.5. The lowest BCUT2D eigenvalue weighted by Crippen LogP contribution is -2.17. The minimum Gasteiger partial charge on any atom is -0.389 e. The number of hydrogen-bond donors (Lipinski definition) is 1. The molecule has 0 aliphatic rings. The van der Waals surface area contributed by atoms with E-state index in [2.05, 4.69) is 6.92 Å². The van der Waals surface area contributed by atoms with Gasteiger partial charge in [-0.1, -0.05) is 71.1 Å². The summed E-state index contributed by atoms with van der Waals surface area (Å²) in [7, 11) is 0. The third-order valence-electron chi connectivity index (χ3n) is 3.38. The fourth-order valence-electron chi connectivity index (χ4n) is 2.13. The monoisotopic (exact) mass is 292 g/mol. The van der Waals surface area contributed by atoms with E-state index in [1.165, 1.54) is 64.2 Å². The lowest BCUT2D eigenvalue weighted by atomic mass is 10.1. The lowest BCUT2D eigenvalue weighted by molar-refractivity contribution is 0.0461. The number of aliphatic hydroxyl groups is 1. The first-order valence-electron chi connectivity index (χ1n) is 8.13. The Bertz CT molecular complexity index is 165. The molecule has 0 saturated carbocycles. The van der Waals surface area contributed by atoms with E-state index in [9.17, 15) is 5.11 Å². The molecule has 0 spiro atoms. The van der Waals surface area contributed by atoms with Gasteiger partial charge in [0.2, 0.25) is 0 Å². The zero-order valence-electron chi connectivity index (χ0n) is 12.7. The predicted molar refractivity (Wildman–Crippen MR) is 84.0 cm³/mol. The van der Waals surface area contributed by atoms with Crippen LogP contribution in [-0.2, 0) is 4.74 Å². The molecule has 0 heterocycles. The lowest BCUT2D eigenvalue weighted by Gasteiger charge is -2.07. The van der Waals surface area contributed by atoms with Gasteiger partial charge in [0.1, 0.15) is 0 Å². The van der Waals surface area contributed by atoms with Crippen LogP contribution < -0.4 is 0 Å². The summed E-state index contributed by atoms with van der Waals surface area (Å²) in [6.07, 6.45) is 14.3. The largest absolute Gasteiger partial charge is 0.389 e. The smallest absolute Gasteiger partial charge is 0.0908 e. The van der Waals surface area contributed by atoms with Gasteiger partial charge >= 0.3 is 0 Å². The van der Waals surface area contributed by atoms with Crippen LogP contribution in [0.25, 0.3) is 0 Å². The van der Waals surface area contributed by atoms with Crippen LogP contribution in [-0.4, -0.2) is 30.3 Å². The second-order valence-corrected chi connectivity index (χ2v) is 5.73. The number of alkyl halides is 1. The van der Waals surface area contributed by atoms with Crippen LogP contribution >= 0.6 is 11.6 Å². The van der Waals surface area contributed by atoms with Crippen LogP contribution in [0, 0.1) is 0 Å². The molecule has 0 amide bonds. The Hall–Kier alpha value is 0.210. The molecule has 0 bridgehead atoms. The molecule has 0 radical (unpaired) electrons. The number of rotatable bonds is 15. The molecule has 0 fully saturated rings. The van der Waals surface area contributed by atoms with Crippen molar-refractivity contribution in [1.29, 1.82) is 0 Å². The summed E-state index contributed by atoms with van der Waals surface area (Å²) in [5.41, 5.74) is 0. The average Bonchev–Trinajstić information content (AvgIpc) is 2.43. The molecule has 0 aromatic rings. The second-order valence-electron chi connectivity index (χ2n) is 5.42. The van der Waals surface area contributed by atoms with Crippen LogP contribution in [0.15, 0.2) is 0 Å². The minimum atomic E-state index is -0.505. The molecule has 3 heteroatoms. The standard InChI is InChI=1S/C16H33ClO2/c1-2-3-4-5-6-7-8-9-10-11-12-13-19-15-16(18)14-17/h16,18H,2-15H2,1H3. The molecule has 1 N–H and O–H groups in total. The van der Waals surface area contributed by atoms with Crippen molar-refractivity contribution in [3.05, 3.63) is 0 Å². The Morgan fingerprint density at radius 3 is 1.79 bits per heavy atom. The Labute approximate surface area is 124 Å². The van der Waals surface area contributed by atoms with E-state index < -0.39 is 6.10 Å². The summed E-state index contributed by atoms with van der Waals surface area (Å²) in [4.78, 5) is 0. The van der Waals surface area contributed by atoms with Gasteiger partial charge in [-0.25, -0.2) is 0 Å². The van der Waals surface area contributed by atoms with Crippen molar-refractivity contribution < 1.29 is 9.84 Å².